The molecule has 1 heterocycles. The molecule has 0 aliphatic carbocycles. The van der Waals surface area contributed by atoms with Crippen LogP contribution >= 0.6 is 0 Å². The van der Waals surface area contributed by atoms with Crippen molar-refractivity contribution in [3.8, 4) is 6.07 Å². The molecular formula is C17H20N4. The number of pyridine rings is 1. The van der Waals surface area contributed by atoms with Crippen LogP contribution < -0.4 is 10.6 Å². The lowest BCUT2D eigenvalue weighted by atomic mass is 9.97. The summed E-state index contributed by atoms with van der Waals surface area (Å²) in [5.74, 6) is 0. The largest absolute Gasteiger partial charge is 0.366 e. The number of nitrogens with two attached hydrogens (primary N) is 1. The molecule has 0 radical (unpaired) electrons. The highest BCUT2D eigenvalue weighted by atomic mass is 15.2. The standard InChI is InChI=1S/C17H20N4/c1-3-16(19)17(14-8-10-20-11-9-14)21(2)15-6-4-13(12-18)5-7-15/h4-11,16-17H,3,19H2,1-2H3. The smallest absolute Gasteiger partial charge is 0.0991 e. The van der Waals surface area contributed by atoms with Gasteiger partial charge >= 0.3 is 0 Å². The molecule has 21 heavy (non-hydrogen) atoms. The van der Waals surface area contributed by atoms with Crippen molar-refractivity contribution < 1.29 is 0 Å². The quantitative estimate of drug-likeness (QED) is 0.914. The molecule has 0 bridgehead atoms. The first-order chi connectivity index (χ1) is 10.2. The Kier molecular flexibility index (Phi) is 4.91. The van der Waals surface area contributed by atoms with Gasteiger partial charge in [0.15, 0.2) is 0 Å². The van der Waals surface area contributed by atoms with Crippen LogP contribution in [0.4, 0.5) is 5.69 Å². The summed E-state index contributed by atoms with van der Waals surface area (Å²) in [5.41, 5.74) is 9.17. The average molecular weight is 280 g/mol. The summed E-state index contributed by atoms with van der Waals surface area (Å²) in [6, 6.07) is 13.8. The van der Waals surface area contributed by atoms with Gasteiger partial charge in [0.2, 0.25) is 0 Å². The normalized spacial score (nSPS) is 13.2. The molecule has 0 spiro atoms. The maximum Gasteiger partial charge on any atom is 0.0991 e. The highest BCUT2D eigenvalue weighted by Gasteiger charge is 2.23. The van der Waals surface area contributed by atoms with Crippen LogP contribution in [0.15, 0.2) is 48.8 Å². The molecule has 2 atom stereocenters. The topological polar surface area (TPSA) is 65.9 Å². The molecule has 2 rings (SSSR count). The van der Waals surface area contributed by atoms with Crippen LogP contribution in [-0.2, 0) is 0 Å². The number of nitriles is 1. The fourth-order valence-electron chi connectivity index (χ4n) is 2.47. The summed E-state index contributed by atoms with van der Waals surface area (Å²) in [6.45, 7) is 2.09. The molecule has 0 amide bonds. The third-order valence-corrected chi connectivity index (χ3v) is 3.75. The fraction of sp³-hybridized carbons (Fsp3) is 0.294. The van der Waals surface area contributed by atoms with Crippen molar-refractivity contribution in [1.82, 2.24) is 4.98 Å². The predicted molar refractivity (Wildman–Crippen MR) is 84.8 cm³/mol. The van der Waals surface area contributed by atoms with Gasteiger partial charge in [-0.3, -0.25) is 4.98 Å². The number of aromatic nitrogens is 1. The average Bonchev–Trinajstić information content (AvgIpc) is 2.55. The van der Waals surface area contributed by atoms with E-state index in [0.717, 1.165) is 17.7 Å². The molecule has 4 heteroatoms. The monoisotopic (exact) mass is 280 g/mol. The van der Waals surface area contributed by atoms with Crippen LogP contribution in [0.2, 0.25) is 0 Å². The summed E-state index contributed by atoms with van der Waals surface area (Å²) in [6.07, 6.45) is 4.46. The number of hydrogen-bond donors (Lipinski definition) is 1. The van der Waals surface area contributed by atoms with E-state index in [1.807, 2.05) is 43.4 Å². The second-order valence-electron chi connectivity index (χ2n) is 5.07. The van der Waals surface area contributed by atoms with Gasteiger partial charge in [-0.15, -0.1) is 0 Å². The van der Waals surface area contributed by atoms with E-state index < -0.39 is 0 Å². The van der Waals surface area contributed by atoms with Gasteiger partial charge in [-0.2, -0.15) is 5.26 Å². The Morgan fingerprint density at radius 1 is 1.19 bits per heavy atom. The number of hydrogen-bond acceptors (Lipinski definition) is 4. The number of anilines is 1. The second-order valence-corrected chi connectivity index (χ2v) is 5.07. The van der Waals surface area contributed by atoms with Crippen molar-refractivity contribution in [1.29, 1.82) is 5.26 Å². The molecular weight excluding hydrogens is 260 g/mol. The van der Waals surface area contributed by atoms with Crippen LogP contribution in [0.1, 0.15) is 30.5 Å². The molecule has 4 nitrogen and oxygen atoms in total. The van der Waals surface area contributed by atoms with E-state index in [1.54, 1.807) is 12.4 Å². The minimum Gasteiger partial charge on any atom is -0.366 e. The lowest BCUT2D eigenvalue weighted by Crippen LogP contribution is -2.39. The first kappa shape index (κ1) is 15.0. The van der Waals surface area contributed by atoms with E-state index in [4.69, 9.17) is 11.0 Å². The van der Waals surface area contributed by atoms with E-state index >= 15 is 0 Å². The third-order valence-electron chi connectivity index (χ3n) is 3.75. The Balaban J connectivity index is 2.34. The summed E-state index contributed by atoms with van der Waals surface area (Å²) in [5, 5.41) is 8.89. The van der Waals surface area contributed by atoms with Gasteiger partial charge < -0.3 is 10.6 Å². The van der Waals surface area contributed by atoms with Crippen molar-refractivity contribution in [2.45, 2.75) is 25.4 Å². The first-order valence-corrected chi connectivity index (χ1v) is 7.06. The molecule has 0 fully saturated rings. The number of likely N-dealkylation sites (N-methyl/N-ethyl adjacent to an activating group) is 1. The summed E-state index contributed by atoms with van der Waals surface area (Å²) < 4.78 is 0. The molecule has 0 saturated heterocycles. The van der Waals surface area contributed by atoms with Gasteiger partial charge in [-0.25, -0.2) is 0 Å². The van der Waals surface area contributed by atoms with Crippen LogP contribution in [0.5, 0.6) is 0 Å². The molecule has 0 aliphatic rings. The summed E-state index contributed by atoms with van der Waals surface area (Å²) in [4.78, 5) is 6.23. The zero-order valence-corrected chi connectivity index (χ0v) is 12.4. The fourth-order valence-corrected chi connectivity index (χ4v) is 2.47. The highest BCUT2D eigenvalue weighted by Crippen LogP contribution is 2.28. The van der Waals surface area contributed by atoms with Gasteiger partial charge in [0.1, 0.15) is 0 Å². The van der Waals surface area contributed by atoms with Crippen molar-refractivity contribution in [3.05, 3.63) is 59.9 Å². The molecule has 1 aromatic heterocycles. The van der Waals surface area contributed by atoms with E-state index in [2.05, 4.69) is 22.9 Å². The molecule has 2 unspecified atom stereocenters. The summed E-state index contributed by atoms with van der Waals surface area (Å²) >= 11 is 0. The van der Waals surface area contributed by atoms with E-state index in [-0.39, 0.29) is 12.1 Å². The van der Waals surface area contributed by atoms with Crippen molar-refractivity contribution >= 4 is 5.69 Å². The van der Waals surface area contributed by atoms with Crippen molar-refractivity contribution in [2.75, 3.05) is 11.9 Å². The molecule has 2 N–H and O–H groups in total. The lowest BCUT2D eigenvalue weighted by Gasteiger charge is -2.34. The molecule has 1 aromatic carbocycles. The maximum atomic E-state index is 8.89. The van der Waals surface area contributed by atoms with Crippen LogP contribution in [0.3, 0.4) is 0 Å². The van der Waals surface area contributed by atoms with Gasteiger partial charge in [-0.05, 0) is 48.4 Å². The molecule has 108 valence electrons. The SMILES string of the molecule is CCC(N)C(c1ccncc1)N(C)c1ccc(C#N)cc1. The number of rotatable bonds is 5. The number of benzene rings is 1. The minimum absolute atomic E-state index is 0.0213. The summed E-state index contributed by atoms with van der Waals surface area (Å²) in [7, 11) is 2.03. The Hall–Kier alpha value is -2.38. The van der Waals surface area contributed by atoms with Gasteiger partial charge in [0.25, 0.3) is 0 Å². The van der Waals surface area contributed by atoms with Crippen LogP contribution in [0.25, 0.3) is 0 Å². The Bertz CT molecular complexity index is 601. The minimum atomic E-state index is 0.0213. The Morgan fingerprint density at radius 2 is 1.81 bits per heavy atom. The maximum absolute atomic E-state index is 8.89. The predicted octanol–water partition coefficient (Wildman–Crippen LogP) is 2.87. The zero-order chi connectivity index (χ0) is 15.2. The lowest BCUT2D eigenvalue weighted by molar-refractivity contribution is 0.510. The van der Waals surface area contributed by atoms with Crippen molar-refractivity contribution in [3.63, 3.8) is 0 Å². The molecule has 0 saturated carbocycles. The van der Waals surface area contributed by atoms with Gasteiger partial charge in [-0.1, -0.05) is 6.92 Å². The van der Waals surface area contributed by atoms with Gasteiger partial charge in [0.05, 0.1) is 17.7 Å². The highest BCUT2D eigenvalue weighted by molar-refractivity contribution is 5.51. The van der Waals surface area contributed by atoms with E-state index in [0.29, 0.717) is 5.56 Å². The zero-order valence-electron chi connectivity index (χ0n) is 12.4. The van der Waals surface area contributed by atoms with E-state index in [1.165, 1.54) is 0 Å². The van der Waals surface area contributed by atoms with Gasteiger partial charge in [0, 0.05) is 31.2 Å². The third kappa shape index (κ3) is 3.39. The molecule has 2 aromatic rings. The first-order valence-electron chi connectivity index (χ1n) is 7.06. The number of nitrogens with zero attached hydrogens (tertiary/aromatic N) is 3. The van der Waals surface area contributed by atoms with E-state index in [9.17, 15) is 0 Å². The molecule has 0 aliphatic heterocycles. The van der Waals surface area contributed by atoms with Crippen LogP contribution in [0, 0.1) is 11.3 Å². The Morgan fingerprint density at radius 3 is 2.33 bits per heavy atom. The van der Waals surface area contributed by atoms with Crippen LogP contribution in [-0.4, -0.2) is 18.1 Å². The second kappa shape index (κ2) is 6.87. The van der Waals surface area contributed by atoms with Crippen molar-refractivity contribution in [2.24, 2.45) is 5.73 Å². The Labute approximate surface area is 125 Å².